The first kappa shape index (κ1) is 21.4. The predicted molar refractivity (Wildman–Crippen MR) is 108 cm³/mol. The number of nitrogens with one attached hydrogen (secondary N) is 1. The summed E-state index contributed by atoms with van der Waals surface area (Å²) in [4.78, 5) is 19.2. The standard InChI is InChI=1S/C22H24F3N3O3/c1-14(13-29)26-20(30)17-7-8-18(19(27-17)28-12-11-21(28)9-2-10-21)31-16-5-3-15(4-6-16)22(23,24)25/h3-8,14,29H,2,9-13H2,1H3,(H,26,30). The number of carbonyl (C=O) groups excluding carboxylic acids is 1. The van der Waals surface area contributed by atoms with Crippen LogP contribution in [0.1, 0.15) is 48.7 Å². The van der Waals surface area contributed by atoms with E-state index in [9.17, 15) is 23.1 Å². The third-order valence-electron chi connectivity index (χ3n) is 6.05. The van der Waals surface area contributed by atoms with Crippen molar-refractivity contribution in [2.45, 2.75) is 50.4 Å². The summed E-state index contributed by atoms with van der Waals surface area (Å²) in [6.45, 7) is 2.26. The third kappa shape index (κ3) is 4.19. The molecule has 6 nitrogen and oxygen atoms in total. The zero-order valence-electron chi connectivity index (χ0n) is 17.1. The highest BCUT2D eigenvalue weighted by Gasteiger charge is 2.50. The molecule has 2 heterocycles. The maximum absolute atomic E-state index is 12.8. The first-order valence-electron chi connectivity index (χ1n) is 10.3. The molecule has 9 heteroatoms. The van der Waals surface area contributed by atoms with E-state index in [-0.39, 0.29) is 23.6 Å². The van der Waals surface area contributed by atoms with E-state index in [0.717, 1.165) is 44.4 Å². The number of halogens is 3. The molecule has 1 spiro atoms. The maximum Gasteiger partial charge on any atom is 0.416 e. The molecule has 2 N–H and O–H groups in total. The number of benzene rings is 1. The summed E-state index contributed by atoms with van der Waals surface area (Å²) in [5.74, 6) is 0.741. The van der Waals surface area contributed by atoms with E-state index in [1.165, 1.54) is 18.2 Å². The Balaban J connectivity index is 1.62. The van der Waals surface area contributed by atoms with E-state index in [1.54, 1.807) is 13.0 Å². The number of hydrogen-bond acceptors (Lipinski definition) is 5. The summed E-state index contributed by atoms with van der Waals surface area (Å²) >= 11 is 0. The summed E-state index contributed by atoms with van der Waals surface area (Å²) in [7, 11) is 0. The Hall–Kier alpha value is -2.81. The molecule has 31 heavy (non-hydrogen) atoms. The highest BCUT2D eigenvalue weighted by molar-refractivity contribution is 5.93. The Morgan fingerprint density at radius 1 is 1.23 bits per heavy atom. The van der Waals surface area contributed by atoms with Crippen molar-refractivity contribution in [3.63, 3.8) is 0 Å². The van der Waals surface area contributed by atoms with Gasteiger partial charge in [0, 0.05) is 18.1 Å². The largest absolute Gasteiger partial charge is 0.453 e. The van der Waals surface area contributed by atoms with Gasteiger partial charge in [-0.3, -0.25) is 4.79 Å². The van der Waals surface area contributed by atoms with E-state index >= 15 is 0 Å². The molecule has 1 unspecified atom stereocenters. The number of anilines is 1. The number of alkyl halides is 3. The zero-order chi connectivity index (χ0) is 22.2. The summed E-state index contributed by atoms with van der Waals surface area (Å²) in [6.07, 6.45) is -0.189. The Kier molecular flexibility index (Phi) is 5.55. The minimum absolute atomic E-state index is 0.0265. The highest BCUT2D eigenvalue weighted by Crippen LogP contribution is 2.51. The Morgan fingerprint density at radius 2 is 1.94 bits per heavy atom. The fourth-order valence-electron chi connectivity index (χ4n) is 3.99. The quantitative estimate of drug-likeness (QED) is 0.714. The van der Waals surface area contributed by atoms with Crippen LogP contribution in [-0.4, -0.2) is 40.7 Å². The van der Waals surface area contributed by atoms with Gasteiger partial charge in [0.15, 0.2) is 11.6 Å². The molecule has 1 aromatic heterocycles. The van der Waals surface area contributed by atoms with E-state index in [2.05, 4.69) is 15.2 Å². The fraction of sp³-hybridized carbons (Fsp3) is 0.455. The van der Waals surface area contributed by atoms with Crippen LogP contribution in [0.3, 0.4) is 0 Å². The highest BCUT2D eigenvalue weighted by atomic mass is 19.4. The van der Waals surface area contributed by atoms with Crippen LogP contribution < -0.4 is 15.0 Å². The molecule has 1 aromatic carbocycles. The van der Waals surface area contributed by atoms with Crippen molar-refractivity contribution in [3.8, 4) is 11.5 Å². The van der Waals surface area contributed by atoms with Crippen molar-refractivity contribution in [1.29, 1.82) is 0 Å². The van der Waals surface area contributed by atoms with Gasteiger partial charge in [-0.05, 0) is 69.0 Å². The molecule has 1 aliphatic heterocycles. The number of amides is 1. The molecule has 2 fully saturated rings. The third-order valence-corrected chi connectivity index (χ3v) is 6.05. The number of rotatable bonds is 6. The van der Waals surface area contributed by atoms with Gasteiger partial charge in [0.2, 0.25) is 0 Å². The van der Waals surface area contributed by atoms with Crippen molar-refractivity contribution in [2.75, 3.05) is 18.1 Å². The Morgan fingerprint density at radius 3 is 2.45 bits per heavy atom. The number of pyridine rings is 1. The van der Waals surface area contributed by atoms with E-state index in [1.807, 2.05) is 0 Å². The van der Waals surface area contributed by atoms with Crippen LogP contribution in [0.5, 0.6) is 11.5 Å². The van der Waals surface area contributed by atoms with Gasteiger partial charge in [0.1, 0.15) is 11.4 Å². The molecule has 1 amide bonds. The van der Waals surface area contributed by atoms with Gasteiger partial charge < -0.3 is 20.1 Å². The van der Waals surface area contributed by atoms with Crippen molar-refractivity contribution in [1.82, 2.24) is 10.3 Å². The van der Waals surface area contributed by atoms with Gasteiger partial charge in [-0.1, -0.05) is 0 Å². The molecule has 166 valence electrons. The number of hydrogen-bond donors (Lipinski definition) is 2. The number of ether oxygens (including phenoxy) is 1. The van der Waals surface area contributed by atoms with Crippen molar-refractivity contribution in [3.05, 3.63) is 47.7 Å². The molecule has 0 bridgehead atoms. The normalized spacial score (nSPS) is 18.2. The molecule has 2 aliphatic rings. The van der Waals surface area contributed by atoms with Crippen molar-refractivity contribution >= 4 is 11.7 Å². The van der Waals surface area contributed by atoms with Crippen LogP contribution in [0, 0.1) is 0 Å². The number of aliphatic hydroxyl groups is 1. The number of aromatic nitrogens is 1. The molecule has 1 aliphatic carbocycles. The van der Waals surface area contributed by atoms with Crippen LogP contribution in [0.2, 0.25) is 0 Å². The molecular weight excluding hydrogens is 411 g/mol. The van der Waals surface area contributed by atoms with Crippen molar-refractivity contribution in [2.24, 2.45) is 0 Å². The molecule has 1 saturated heterocycles. The smallest absolute Gasteiger partial charge is 0.416 e. The summed E-state index contributed by atoms with van der Waals surface area (Å²) in [6, 6.07) is 7.19. The number of carbonyl (C=O) groups is 1. The lowest BCUT2D eigenvalue weighted by Crippen LogP contribution is -2.64. The predicted octanol–water partition coefficient (Wildman–Crippen LogP) is 4.14. The molecule has 4 rings (SSSR count). The average Bonchev–Trinajstić information content (AvgIpc) is 2.67. The first-order valence-corrected chi connectivity index (χ1v) is 10.3. The van der Waals surface area contributed by atoms with Gasteiger partial charge in [-0.25, -0.2) is 4.98 Å². The second kappa shape index (κ2) is 8.03. The molecule has 2 aromatic rings. The zero-order valence-corrected chi connectivity index (χ0v) is 17.1. The molecular formula is C22H24F3N3O3. The molecule has 1 atom stereocenters. The molecule has 0 radical (unpaired) electrons. The SMILES string of the molecule is CC(CO)NC(=O)c1ccc(Oc2ccc(C(F)(F)F)cc2)c(N2CCC23CCC3)n1. The summed E-state index contributed by atoms with van der Waals surface area (Å²) < 4.78 is 44.4. The van der Waals surface area contributed by atoms with E-state index < -0.39 is 23.7 Å². The van der Waals surface area contributed by atoms with Gasteiger partial charge in [0.25, 0.3) is 5.91 Å². The van der Waals surface area contributed by atoms with Crippen LogP contribution in [0.15, 0.2) is 36.4 Å². The minimum Gasteiger partial charge on any atom is -0.453 e. The van der Waals surface area contributed by atoms with Crippen LogP contribution in [-0.2, 0) is 6.18 Å². The minimum atomic E-state index is -4.42. The van der Waals surface area contributed by atoms with Crippen LogP contribution in [0.4, 0.5) is 19.0 Å². The second-order valence-electron chi connectivity index (χ2n) is 8.18. The fourth-order valence-corrected chi connectivity index (χ4v) is 3.99. The Bertz CT molecular complexity index is 953. The summed E-state index contributed by atoms with van der Waals surface area (Å²) in [5.41, 5.74) is -0.533. The molecule has 1 saturated carbocycles. The monoisotopic (exact) mass is 435 g/mol. The van der Waals surface area contributed by atoms with Crippen LogP contribution >= 0.6 is 0 Å². The Labute approximate surface area is 178 Å². The summed E-state index contributed by atoms with van der Waals surface area (Å²) in [5, 5.41) is 11.8. The first-order chi connectivity index (χ1) is 14.7. The lowest BCUT2D eigenvalue weighted by Gasteiger charge is -2.59. The van der Waals surface area contributed by atoms with E-state index in [4.69, 9.17) is 4.74 Å². The van der Waals surface area contributed by atoms with Crippen molar-refractivity contribution < 1.29 is 27.8 Å². The van der Waals surface area contributed by atoms with Gasteiger partial charge in [0.05, 0.1) is 12.2 Å². The topological polar surface area (TPSA) is 74.7 Å². The average molecular weight is 435 g/mol. The number of aliphatic hydroxyl groups excluding tert-OH is 1. The lowest BCUT2D eigenvalue weighted by atomic mass is 9.68. The number of nitrogens with zero attached hydrogens (tertiary/aromatic N) is 2. The lowest BCUT2D eigenvalue weighted by molar-refractivity contribution is -0.137. The maximum atomic E-state index is 12.8. The second-order valence-corrected chi connectivity index (χ2v) is 8.18. The van der Waals surface area contributed by atoms with Gasteiger partial charge >= 0.3 is 6.18 Å². The van der Waals surface area contributed by atoms with Crippen LogP contribution in [0.25, 0.3) is 0 Å². The van der Waals surface area contributed by atoms with Gasteiger partial charge in [-0.15, -0.1) is 0 Å². The van der Waals surface area contributed by atoms with Gasteiger partial charge in [-0.2, -0.15) is 13.2 Å². The van der Waals surface area contributed by atoms with E-state index in [0.29, 0.717) is 11.6 Å².